The quantitative estimate of drug-likeness (QED) is 0.706. The molecule has 2 aromatic carbocycles. The van der Waals surface area contributed by atoms with Gasteiger partial charge in [-0.05, 0) is 73.7 Å². The Labute approximate surface area is 167 Å². The third-order valence-corrected chi connectivity index (χ3v) is 5.72. The fourth-order valence-electron chi connectivity index (χ4n) is 4.27. The molecule has 0 amide bonds. The van der Waals surface area contributed by atoms with Crippen LogP contribution < -0.4 is 14.2 Å². The van der Waals surface area contributed by atoms with E-state index in [0.717, 1.165) is 43.2 Å². The van der Waals surface area contributed by atoms with Crippen molar-refractivity contribution in [2.24, 2.45) is 0 Å². The number of benzene rings is 2. The van der Waals surface area contributed by atoms with Gasteiger partial charge in [0.2, 0.25) is 0 Å². The van der Waals surface area contributed by atoms with E-state index in [-0.39, 0.29) is 0 Å². The van der Waals surface area contributed by atoms with Gasteiger partial charge in [-0.3, -0.25) is 4.90 Å². The van der Waals surface area contributed by atoms with Crippen LogP contribution in [0.3, 0.4) is 0 Å². The highest BCUT2D eigenvalue weighted by Crippen LogP contribution is 2.41. The monoisotopic (exact) mass is 379 g/mol. The second-order valence-corrected chi connectivity index (χ2v) is 7.41. The highest BCUT2D eigenvalue weighted by Gasteiger charge is 2.21. The summed E-state index contributed by atoms with van der Waals surface area (Å²) in [6.07, 6.45) is 6.93. The van der Waals surface area contributed by atoms with E-state index in [0.29, 0.717) is 0 Å². The number of ether oxygens (including phenoxy) is 3. The highest BCUT2D eigenvalue weighted by molar-refractivity contribution is 5.84. The molecule has 4 nitrogen and oxygen atoms in total. The van der Waals surface area contributed by atoms with E-state index in [2.05, 4.69) is 41.3 Å². The van der Waals surface area contributed by atoms with Gasteiger partial charge < -0.3 is 14.2 Å². The van der Waals surface area contributed by atoms with Crippen LogP contribution in [0.2, 0.25) is 0 Å². The first kappa shape index (κ1) is 18.9. The first-order valence-corrected chi connectivity index (χ1v) is 10.2. The Kier molecular flexibility index (Phi) is 5.87. The zero-order chi connectivity index (χ0) is 19.3. The van der Waals surface area contributed by atoms with Crippen LogP contribution in [0.1, 0.15) is 36.0 Å². The predicted octanol–water partition coefficient (Wildman–Crippen LogP) is 4.56. The lowest BCUT2D eigenvalue weighted by Crippen LogP contribution is -2.25. The molecule has 0 spiro atoms. The summed E-state index contributed by atoms with van der Waals surface area (Å²) in [5.74, 6) is 2.59. The van der Waals surface area contributed by atoms with E-state index in [1.54, 1.807) is 14.2 Å². The summed E-state index contributed by atoms with van der Waals surface area (Å²) in [6, 6.07) is 12.6. The molecule has 0 radical (unpaired) electrons. The van der Waals surface area contributed by atoms with Crippen molar-refractivity contribution in [1.29, 1.82) is 0 Å². The van der Waals surface area contributed by atoms with Crippen LogP contribution in [0.4, 0.5) is 0 Å². The van der Waals surface area contributed by atoms with Crippen LogP contribution in [0.25, 0.3) is 5.57 Å². The average Bonchev–Trinajstić information content (AvgIpc) is 3.26. The van der Waals surface area contributed by atoms with E-state index in [1.807, 2.05) is 6.07 Å². The van der Waals surface area contributed by atoms with Crippen LogP contribution in [-0.2, 0) is 6.42 Å². The summed E-state index contributed by atoms with van der Waals surface area (Å²) in [4.78, 5) is 2.47. The molecular weight excluding hydrogens is 350 g/mol. The van der Waals surface area contributed by atoms with Gasteiger partial charge in [0.1, 0.15) is 12.4 Å². The van der Waals surface area contributed by atoms with Gasteiger partial charge in [-0.2, -0.15) is 0 Å². The van der Waals surface area contributed by atoms with Crippen LogP contribution in [0, 0.1) is 0 Å². The van der Waals surface area contributed by atoms with Gasteiger partial charge >= 0.3 is 0 Å². The fourth-order valence-corrected chi connectivity index (χ4v) is 4.27. The molecule has 4 heteroatoms. The number of rotatable bonds is 7. The molecule has 1 aliphatic heterocycles. The minimum atomic E-state index is 0.752. The number of nitrogens with zero attached hydrogens (tertiary/aromatic N) is 1. The van der Waals surface area contributed by atoms with Crippen molar-refractivity contribution in [3.05, 3.63) is 59.2 Å². The van der Waals surface area contributed by atoms with Gasteiger partial charge in [0.25, 0.3) is 0 Å². The summed E-state index contributed by atoms with van der Waals surface area (Å²) in [7, 11) is 3.40. The van der Waals surface area contributed by atoms with Gasteiger partial charge in [-0.15, -0.1) is 0 Å². The lowest BCUT2D eigenvalue weighted by molar-refractivity contribution is 0.238. The predicted molar refractivity (Wildman–Crippen MR) is 113 cm³/mol. The van der Waals surface area contributed by atoms with Crippen LogP contribution in [0.5, 0.6) is 17.2 Å². The number of likely N-dealkylation sites (tertiary alicyclic amines) is 1. The number of hydrogen-bond acceptors (Lipinski definition) is 4. The molecule has 0 bridgehead atoms. The molecule has 1 fully saturated rings. The summed E-state index contributed by atoms with van der Waals surface area (Å²) in [5.41, 5.74) is 4.92. The lowest BCUT2D eigenvalue weighted by Gasteiger charge is -2.22. The third kappa shape index (κ3) is 3.88. The highest BCUT2D eigenvalue weighted by atomic mass is 16.5. The van der Waals surface area contributed by atoms with Gasteiger partial charge in [-0.1, -0.05) is 24.3 Å². The molecule has 0 saturated carbocycles. The molecule has 1 heterocycles. The summed E-state index contributed by atoms with van der Waals surface area (Å²) in [5, 5.41) is 0. The lowest BCUT2D eigenvalue weighted by atomic mass is 9.86. The average molecular weight is 380 g/mol. The molecule has 0 aromatic heterocycles. The van der Waals surface area contributed by atoms with Crippen molar-refractivity contribution in [2.45, 2.75) is 25.7 Å². The second-order valence-electron chi connectivity index (χ2n) is 7.41. The van der Waals surface area contributed by atoms with E-state index in [1.165, 1.54) is 48.2 Å². The second kappa shape index (κ2) is 8.70. The van der Waals surface area contributed by atoms with Crippen LogP contribution in [0.15, 0.2) is 42.5 Å². The van der Waals surface area contributed by atoms with Crippen molar-refractivity contribution in [1.82, 2.24) is 4.90 Å². The maximum Gasteiger partial charge on any atom is 0.164 e. The smallest absolute Gasteiger partial charge is 0.164 e. The minimum absolute atomic E-state index is 0.752. The van der Waals surface area contributed by atoms with E-state index < -0.39 is 0 Å². The van der Waals surface area contributed by atoms with E-state index in [4.69, 9.17) is 14.2 Å². The molecule has 4 rings (SSSR count). The van der Waals surface area contributed by atoms with Crippen LogP contribution >= 0.6 is 0 Å². The molecular formula is C24H29NO3. The van der Waals surface area contributed by atoms with Gasteiger partial charge in [0.15, 0.2) is 11.5 Å². The largest absolute Gasteiger partial charge is 0.493 e. The summed E-state index contributed by atoms with van der Waals surface area (Å²) >= 11 is 0. The van der Waals surface area contributed by atoms with Crippen molar-refractivity contribution in [3.8, 4) is 17.2 Å². The molecule has 2 aromatic rings. The molecule has 2 aliphatic rings. The zero-order valence-corrected chi connectivity index (χ0v) is 16.9. The van der Waals surface area contributed by atoms with Gasteiger partial charge in [0, 0.05) is 12.1 Å². The Morgan fingerprint density at radius 1 is 0.929 bits per heavy atom. The topological polar surface area (TPSA) is 30.9 Å². The SMILES string of the molecule is COc1ccc2c(c1OC)CCC=C2c1ccc(OCCN2CCCC2)cc1. The van der Waals surface area contributed by atoms with Crippen molar-refractivity contribution in [3.63, 3.8) is 0 Å². The zero-order valence-electron chi connectivity index (χ0n) is 16.9. The van der Waals surface area contributed by atoms with Crippen molar-refractivity contribution in [2.75, 3.05) is 40.5 Å². The normalized spacial score (nSPS) is 16.4. The maximum absolute atomic E-state index is 5.95. The number of methoxy groups -OCH3 is 2. The Morgan fingerprint density at radius 2 is 1.71 bits per heavy atom. The Bertz CT molecular complexity index is 836. The number of hydrogen-bond donors (Lipinski definition) is 0. The first-order chi connectivity index (χ1) is 13.8. The number of allylic oxidation sites excluding steroid dienone is 1. The molecule has 148 valence electrons. The molecule has 28 heavy (non-hydrogen) atoms. The summed E-state index contributed by atoms with van der Waals surface area (Å²) < 4.78 is 17.1. The molecule has 1 aliphatic carbocycles. The van der Waals surface area contributed by atoms with Gasteiger partial charge in [0.05, 0.1) is 14.2 Å². The Balaban J connectivity index is 1.48. The fraction of sp³-hybridized carbons (Fsp3) is 0.417. The maximum atomic E-state index is 5.95. The van der Waals surface area contributed by atoms with Gasteiger partial charge in [-0.25, -0.2) is 0 Å². The standard InChI is InChI=1S/C24H29NO3/c1-26-23-13-12-21-20(6-5-7-22(21)24(23)27-2)18-8-10-19(11-9-18)28-17-16-25-14-3-4-15-25/h6,8-13H,3-5,7,14-17H2,1-2H3. The van der Waals surface area contributed by atoms with Crippen LogP contribution in [-0.4, -0.2) is 45.4 Å². The summed E-state index contributed by atoms with van der Waals surface area (Å²) in [6.45, 7) is 4.19. The Hall–Kier alpha value is -2.46. The van der Waals surface area contributed by atoms with Crippen molar-refractivity contribution >= 4 is 5.57 Å². The van der Waals surface area contributed by atoms with E-state index >= 15 is 0 Å². The third-order valence-electron chi connectivity index (χ3n) is 5.72. The molecule has 0 unspecified atom stereocenters. The molecule has 0 N–H and O–H groups in total. The Morgan fingerprint density at radius 3 is 2.43 bits per heavy atom. The number of fused-ring (bicyclic) bond motifs is 1. The molecule has 1 saturated heterocycles. The minimum Gasteiger partial charge on any atom is -0.493 e. The first-order valence-electron chi connectivity index (χ1n) is 10.2. The molecule has 0 atom stereocenters. The van der Waals surface area contributed by atoms with Crippen molar-refractivity contribution < 1.29 is 14.2 Å². The van der Waals surface area contributed by atoms with E-state index in [9.17, 15) is 0 Å².